The molecule has 1 rings (SSSR count). The van der Waals surface area contributed by atoms with E-state index in [1.807, 2.05) is 0 Å². The van der Waals surface area contributed by atoms with Crippen LogP contribution in [0.4, 0.5) is 5.69 Å². The molecule has 1 aromatic rings. The Balaban J connectivity index is 2.92. The molecule has 0 bridgehead atoms. The number of nitro benzene ring substituents is 1. The molecule has 0 aliphatic carbocycles. The van der Waals surface area contributed by atoms with Crippen LogP contribution >= 0.6 is 15.9 Å². The fourth-order valence-corrected chi connectivity index (χ4v) is 2.06. The third-order valence-corrected chi connectivity index (χ3v) is 2.87. The summed E-state index contributed by atoms with van der Waals surface area (Å²) in [6, 6.07) is 4.94. The molecule has 0 aliphatic heterocycles. The lowest BCUT2D eigenvalue weighted by Gasteiger charge is -2.10. The quantitative estimate of drug-likeness (QED) is 0.668. The fraction of sp³-hybridized carbons (Fsp3) is 0.455. The smallest absolute Gasteiger partial charge is 0.272 e. The first-order valence-electron chi connectivity index (χ1n) is 5.23. The van der Waals surface area contributed by atoms with E-state index >= 15 is 0 Å². The molecule has 16 heavy (non-hydrogen) atoms. The lowest BCUT2D eigenvalue weighted by molar-refractivity contribution is -0.385. The maximum atomic E-state index is 10.8. The van der Waals surface area contributed by atoms with Gasteiger partial charge in [0.1, 0.15) is 0 Å². The third-order valence-electron chi connectivity index (χ3n) is 2.38. The van der Waals surface area contributed by atoms with Crippen molar-refractivity contribution in [1.82, 2.24) is 0 Å². The van der Waals surface area contributed by atoms with Crippen molar-refractivity contribution in [2.24, 2.45) is 5.73 Å². The molecule has 0 saturated heterocycles. The second-order valence-corrected chi connectivity index (χ2v) is 4.70. The molecule has 1 unspecified atom stereocenters. The molecular formula is C11H15BrN2O2. The molecular weight excluding hydrogens is 272 g/mol. The summed E-state index contributed by atoms with van der Waals surface area (Å²) in [5, 5.41) is 10.8. The van der Waals surface area contributed by atoms with Gasteiger partial charge in [-0.3, -0.25) is 10.1 Å². The highest BCUT2D eigenvalue weighted by Crippen LogP contribution is 2.24. The molecule has 1 atom stereocenters. The number of hydrogen-bond acceptors (Lipinski definition) is 3. The van der Waals surface area contributed by atoms with E-state index in [1.165, 1.54) is 6.07 Å². The monoisotopic (exact) mass is 286 g/mol. The van der Waals surface area contributed by atoms with Gasteiger partial charge in [-0.1, -0.05) is 29.3 Å². The lowest BCUT2D eigenvalue weighted by Crippen LogP contribution is -2.22. The molecule has 0 fully saturated rings. The van der Waals surface area contributed by atoms with Crippen LogP contribution in [-0.4, -0.2) is 11.0 Å². The summed E-state index contributed by atoms with van der Waals surface area (Å²) in [5.74, 6) is 0. The Morgan fingerprint density at radius 2 is 2.25 bits per heavy atom. The van der Waals surface area contributed by atoms with Gasteiger partial charge in [0.05, 0.1) is 4.92 Å². The van der Waals surface area contributed by atoms with Gasteiger partial charge in [0, 0.05) is 22.1 Å². The van der Waals surface area contributed by atoms with Crippen LogP contribution < -0.4 is 5.73 Å². The number of halogens is 1. The Labute approximate surface area is 103 Å². The zero-order chi connectivity index (χ0) is 12.1. The summed E-state index contributed by atoms with van der Waals surface area (Å²) in [4.78, 5) is 10.5. The molecule has 0 spiro atoms. The van der Waals surface area contributed by atoms with Crippen molar-refractivity contribution in [3.8, 4) is 0 Å². The molecule has 88 valence electrons. The van der Waals surface area contributed by atoms with Crippen LogP contribution in [0.25, 0.3) is 0 Å². The van der Waals surface area contributed by atoms with E-state index in [2.05, 4.69) is 22.9 Å². The Kier molecular flexibility index (Phi) is 4.89. The number of nitrogens with zero attached hydrogens (tertiary/aromatic N) is 1. The number of benzene rings is 1. The predicted octanol–water partition coefficient (Wildman–Crippen LogP) is 3.03. The predicted molar refractivity (Wildman–Crippen MR) is 67.4 cm³/mol. The van der Waals surface area contributed by atoms with E-state index < -0.39 is 0 Å². The van der Waals surface area contributed by atoms with E-state index in [9.17, 15) is 10.1 Å². The Morgan fingerprint density at radius 3 is 2.81 bits per heavy atom. The first-order chi connectivity index (χ1) is 7.54. The molecule has 0 heterocycles. The van der Waals surface area contributed by atoms with Gasteiger partial charge in [-0.2, -0.15) is 0 Å². The molecule has 0 radical (unpaired) electrons. The van der Waals surface area contributed by atoms with E-state index in [-0.39, 0.29) is 16.7 Å². The Morgan fingerprint density at radius 1 is 1.56 bits per heavy atom. The second kappa shape index (κ2) is 5.96. The van der Waals surface area contributed by atoms with Gasteiger partial charge in [-0.05, 0) is 25.0 Å². The summed E-state index contributed by atoms with van der Waals surface area (Å²) >= 11 is 3.31. The zero-order valence-electron chi connectivity index (χ0n) is 9.15. The van der Waals surface area contributed by atoms with Crippen LogP contribution in [0.5, 0.6) is 0 Å². The van der Waals surface area contributed by atoms with Crippen molar-refractivity contribution in [2.75, 3.05) is 0 Å². The molecule has 4 nitrogen and oxygen atoms in total. The second-order valence-electron chi connectivity index (χ2n) is 3.78. The largest absolute Gasteiger partial charge is 0.327 e. The van der Waals surface area contributed by atoms with Crippen LogP contribution in [0.15, 0.2) is 22.7 Å². The van der Waals surface area contributed by atoms with E-state index in [4.69, 9.17) is 5.73 Å². The summed E-state index contributed by atoms with van der Waals surface area (Å²) < 4.78 is 0.844. The topological polar surface area (TPSA) is 69.2 Å². The molecule has 5 heteroatoms. The molecule has 2 N–H and O–H groups in total. The summed E-state index contributed by atoms with van der Waals surface area (Å²) in [6.07, 6.45) is 2.41. The first kappa shape index (κ1) is 13.1. The van der Waals surface area contributed by atoms with E-state index in [0.29, 0.717) is 12.0 Å². The van der Waals surface area contributed by atoms with Crippen molar-refractivity contribution in [3.05, 3.63) is 38.3 Å². The van der Waals surface area contributed by atoms with Crippen molar-refractivity contribution in [3.63, 3.8) is 0 Å². The van der Waals surface area contributed by atoms with E-state index in [0.717, 1.165) is 17.3 Å². The van der Waals surface area contributed by atoms with Crippen LogP contribution in [0, 0.1) is 10.1 Å². The van der Waals surface area contributed by atoms with Gasteiger partial charge in [0.15, 0.2) is 0 Å². The minimum Gasteiger partial charge on any atom is -0.327 e. The van der Waals surface area contributed by atoms with Gasteiger partial charge in [0.2, 0.25) is 0 Å². The summed E-state index contributed by atoms with van der Waals surface area (Å²) in [5.41, 5.74) is 6.74. The molecule has 0 amide bonds. The minimum atomic E-state index is -0.361. The van der Waals surface area contributed by atoms with Crippen LogP contribution in [-0.2, 0) is 6.42 Å². The Hall–Kier alpha value is -0.940. The SMILES string of the molecule is CCCC(N)Cc1cc(Br)ccc1[N+](=O)[O-]. The lowest BCUT2D eigenvalue weighted by atomic mass is 10.0. The zero-order valence-corrected chi connectivity index (χ0v) is 10.7. The van der Waals surface area contributed by atoms with E-state index in [1.54, 1.807) is 12.1 Å². The van der Waals surface area contributed by atoms with Crippen molar-refractivity contribution in [2.45, 2.75) is 32.2 Å². The average molecular weight is 287 g/mol. The highest BCUT2D eigenvalue weighted by molar-refractivity contribution is 9.10. The highest BCUT2D eigenvalue weighted by atomic mass is 79.9. The van der Waals surface area contributed by atoms with Crippen LogP contribution in [0.1, 0.15) is 25.3 Å². The van der Waals surface area contributed by atoms with Gasteiger partial charge >= 0.3 is 0 Å². The first-order valence-corrected chi connectivity index (χ1v) is 6.02. The summed E-state index contributed by atoms with van der Waals surface area (Å²) in [7, 11) is 0. The van der Waals surface area contributed by atoms with Gasteiger partial charge in [0.25, 0.3) is 5.69 Å². The van der Waals surface area contributed by atoms with Gasteiger partial charge < -0.3 is 5.73 Å². The molecule has 1 aromatic carbocycles. The number of hydrogen-bond donors (Lipinski definition) is 1. The minimum absolute atomic E-state index is 0.0157. The molecule has 0 aromatic heterocycles. The maximum Gasteiger partial charge on any atom is 0.272 e. The van der Waals surface area contributed by atoms with Crippen LogP contribution in [0.3, 0.4) is 0 Å². The number of nitro groups is 1. The van der Waals surface area contributed by atoms with Crippen molar-refractivity contribution < 1.29 is 4.92 Å². The van der Waals surface area contributed by atoms with Crippen molar-refractivity contribution >= 4 is 21.6 Å². The summed E-state index contributed by atoms with van der Waals surface area (Å²) in [6.45, 7) is 2.05. The molecule has 0 aliphatic rings. The maximum absolute atomic E-state index is 10.8. The molecule has 0 saturated carbocycles. The standard InChI is InChI=1S/C11H15BrN2O2/c1-2-3-10(13)7-8-6-9(12)4-5-11(8)14(15)16/h4-6,10H,2-3,7,13H2,1H3. The van der Waals surface area contributed by atoms with Crippen LogP contribution in [0.2, 0.25) is 0 Å². The highest BCUT2D eigenvalue weighted by Gasteiger charge is 2.15. The Bertz CT molecular complexity index is 382. The third kappa shape index (κ3) is 3.57. The normalized spacial score (nSPS) is 12.4. The average Bonchev–Trinajstić information content (AvgIpc) is 2.17. The van der Waals surface area contributed by atoms with Gasteiger partial charge in [-0.25, -0.2) is 0 Å². The van der Waals surface area contributed by atoms with Crippen molar-refractivity contribution in [1.29, 1.82) is 0 Å². The number of nitrogens with two attached hydrogens (primary N) is 1. The van der Waals surface area contributed by atoms with Gasteiger partial charge in [-0.15, -0.1) is 0 Å². The number of rotatable bonds is 5. The fourth-order valence-electron chi connectivity index (χ4n) is 1.65.